The summed E-state index contributed by atoms with van der Waals surface area (Å²) in [5.41, 5.74) is 2.23. The van der Waals surface area contributed by atoms with E-state index in [1.54, 1.807) is 36.4 Å². The standard InChI is InChI=1S/C23H22Cl2N2O3S/c1-16(18-5-7-19(24)8-6-18)26-23(28)15-17-3-11-21(12-4-17)27(2)31(29,30)22-13-9-20(25)10-14-22/h3-14,16H,15H2,1-2H3,(H,26,28)/t16-/m1/s1. The molecule has 31 heavy (non-hydrogen) atoms. The molecule has 0 unspecified atom stereocenters. The smallest absolute Gasteiger partial charge is 0.264 e. The number of anilines is 1. The Morgan fingerprint density at radius 1 is 0.903 bits per heavy atom. The highest BCUT2D eigenvalue weighted by atomic mass is 35.5. The summed E-state index contributed by atoms with van der Waals surface area (Å²) >= 11 is 11.7. The quantitative estimate of drug-likeness (QED) is 0.506. The van der Waals surface area contributed by atoms with Crippen molar-refractivity contribution in [2.75, 3.05) is 11.4 Å². The van der Waals surface area contributed by atoms with Gasteiger partial charge in [0.05, 0.1) is 23.0 Å². The second-order valence-corrected chi connectivity index (χ2v) is 9.95. The van der Waals surface area contributed by atoms with Crippen LogP contribution >= 0.6 is 23.2 Å². The molecule has 0 aliphatic rings. The summed E-state index contributed by atoms with van der Waals surface area (Å²) in [6, 6.07) is 20.0. The molecule has 0 aromatic heterocycles. The fraction of sp³-hybridized carbons (Fsp3) is 0.174. The lowest BCUT2D eigenvalue weighted by Crippen LogP contribution is -2.28. The zero-order chi connectivity index (χ0) is 22.6. The van der Waals surface area contributed by atoms with Gasteiger partial charge < -0.3 is 5.32 Å². The number of carbonyl (C=O) groups is 1. The number of hydrogen-bond donors (Lipinski definition) is 1. The Kier molecular flexibility index (Phi) is 7.26. The molecule has 1 atom stereocenters. The Bertz CT molecular complexity index is 1150. The number of nitrogens with one attached hydrogen (secondary N) is 1. The molecule has 0 radical (unpaired) electrons. The lowest BCUT2D eigenvalue weighted by Gasteiger charge is -2.20. The predicted molar refractivity (Wildman–Crippen MR) is 125 cm³/mol. The Hall–Kier alpha value is -2.54. The highest BCUT2D eigenvalue weighted by Crippen LogP contribution is 2.24. The molecular weight excluding hydrogens is 455 g/mol. The Morgan fingerprint density at radius 3 is 1.97 bits per heavy atom. The van der Waals surface area contributed by atoms with Gasteiger partial charge in [-0.15, -0.1) is 0 Å². The molecule has 0 aliphatic heterocycles. The molecule has 1 N–H and O–H groups in total. The minimum Gasteiger partial charge on any atom is -0.349 e. The molecule has 0 heterocycles. The number of hydrogen-bond acceptors (Lipinski definition) is 3. The van der Waals surface area contributed by atoms with Crippen LogP contribution in [0, 0.1) is 0 Å². The molecule has 3 aromatic carbocycles. The topological polar surface area (TPSA) is 66.5 Å². The summed E-state index contributed by atoms with van der Waals surface area (Å²) in [7, 11) is -2.22. The number of rotatable bonds is 7. The third-order valence-corrected chi connectivity index (χ3v) is 7.19. The molecule has 0 fully saturated rings. The zero-order valence-electron chi connectivity index (χ0n) is 17.0. The highest BCUT2D eigenvalue weighted by Gasteiger charge is 2.21. The third-order valence-electron chi connectivity index (χ3n) is 4.88. The van der Waals surface area contributed by atoms with E-state index in [9.17, 15) is 13.2 Å². The maximum absolute atomic E-state index is 12.8. The van der Waals surface area contributed by atoms with E-state index < -0.39 is 10.0 Å². The van der Waals surface area contributed by atoms with Crippen LogP contribution in [-0.4, -0.2) is 21.4 Å². The second-order valence-electron chi connectivity index (χ2n) is 7.11. The monoisotopic (exact) mass is 476 g/mol. The van der Waals surface area contributed by atoms with Crippen LogP contribution in [0.15, 0.2) is 77.7 Å². The van der Waals surface area contributed by atoms with Crippen LogP contribution in [0.4, 0.5) is 5.69 Å². The van der Waals surface area contributed by atoms with Crippen LogP contribution in [-0.2, 0) is 21.2 Å². The van der Waals surface area contributed by atoms with Crippen LogP contribution in [0.25, 0.3) is 0 Å². The van der Waals surface area contributed by atoms with E-state index in [2.05, 4.69) is 5.32 Å². The van der Waals surface area contributed by atoms with Gasteiger partial charge in [-0.1, -0.05) is 47.5 Å². The van der Waals surface area contributed by atoms with Gasteiger partial charge in [0.15, 0.2) is 0 Å². The normalized spacial score (nSPS) is 12.3. The van der Waals surface area contributed by atoms with Crippen LogP contribution in [0.3, 0.4) is 0 Å². The molecule has 0 saturated carbocycles. The van der Waals surface area contributed by atoms with Crippen LogP contribution in [0.2, 0.25) is 10.0 Å². The van der Waals surface area contributed by atoms with Crippen molar-refractivity contribution in [2.45, 2.75) is 24.3 Å². The average Bonchev–Trinajstić information content (AvgIpc) is 2.74. The third kappa shape index (κ3) is 5.79. The predicted octanol–water partition coefficient (Wildman–Crippen LogP) is 5.24. The van der Waals surface area contributed by atoms with Crippen LogP contribution in [0.1, 0.15) is 24.1 Å². The Morgan fingerprint density at radius 2 is 1.42 bits per heavy atom. The molecule has 162 valence electrons. The Labute approximate surface area is 192 Å². The first-order valence-electron chi connectivity index (χ1n) is 9.55. The van der Waals surface area contributed by atoms with Gasteiger partial charge in [-0.25, -0.2) is 8.42 Å². The average molecular weight is 477 g/mol. The maximum atomic E-state index is 12.8. The first kappa shape index (κ1) is 23.1. The van der Waals surface area contributed by atoms with Crippen molar-refractivity contribution >= 4 is 44.8 Å². The first-order valence-corrected chi connectivity index (χ1v) is 11.7. The highest BCUT2D eigenvalue weighted by molar-refractivity contribution is 7.92. The molecule has 0 saturated heterocycles. The van der Waals surface area contributed by atoms with Crippen molar-refractivity contribution in [3.63, 3.8) is 0 Å². The van der Waals surface area contributed by atoms with E-state index >= 15 is 0 Å². The molecule has 0 aliphatic carbocycles. The maximum Gasteiger partial charge on any atom is 0.264 e. The van der Waals surface area contributed by atoms with E-state index in [0.29, 0.717) is 15.7 Å². The largest absolute Gasteiger partial charge is 0.349 e. The summed E-state index contributed by atoms with van der Waals surface area (Å²) in [5, 5.41) is 4.06. The number of sulfonamides is 1. The molecule has 8 heteroatoms. The summed E-state index contributed by atoms with van der Waals surface area (Å²) in [6.07, 6.45) is 0.186. The van der Waals surface area contributed by atoms with Crippen LogP contribution in [0.5, 0.6) is 0 Å². The number of benzene rings is 3. The van der Waals surface area contributed by atoms with Crippen molar-refractivity contribution < 1.29 is 13.2 Å². The van der Waals surface area contributed by atoms with Crippen molar-refractivity contribution in [3.05, 3.63) is 94.0 Å². The van der Waals surface area contributed by atoms with Crippen LogP contribution < -0.4 is 9.62 Å². The Balaban J connectivity index is 1.64. The lowest BCUT2D eigenvalue weighted by molar-refractivity contribution is -0.121. The van der Waals surface area contributed by atoms with E-state index in [1.165, 1.54) is 35.6 Å². The molecule has 5 nitrogen and oxygen atoms in total. The molecule has 0 bridgehead atoms. The van der Waals surface area contributed by atoms with Crippen molar-refractivity contribution in [1.82, 2.24) is 5.32 Å². The van der Waals surface area contributed by atoms with E-state index in [4.69, 9.17) is 23.2 Å². The zero-order valence-corrected chi connectivity index (χ0v) is 19.4. The van der Waals surface area contributed by atoms with Gasteiger partial charge in [-0.3, -0.25) is 9.10 Å². The van der Waals surface area contributed by atoms with E-state index in [-0.39, 0.29) is 23.3 Å². The van der Waals surface area contributed by atoms with Gasteiger partial charge in [0.1, 0.15) is 0 Å². The van der Waals surface area contributed by atoms with Gasteiger partial charge >= 0.3 is 0 Å². The summed E-state index contributed by atoms with van der Waals surface area (Å²) in [5.74, 6) is -0.127. The summed E-state index contributed by atoms with van der Waals surface area (Å²) in [4.78, 5) is 12.6. The second kappa shape index (κ2) is 9.73. The lowest BCUT2D eigenvalue weighted by atomic mass is 10.1. The molecular formula is C23H22Cl2N2O3S. The van der Waals surface area contributed by atoms with Crippen molar-refractivity contribution in [1.29, 1.82) is 0 Å². The van der Waals surface area contributed by atoms with Crippen molar-refractivity contribution in [3.8, 4) is 0 Å². The van der Waals surface area contributed by atoms with Gasteiger partial charge in [0, 0.05) is 17.1 Å². The number of halogens is 2. The van der Waals surface area contributed by atoms with Gasteiger partial charge in [0.2, 0.25) is 5.91 Å². The minimum atomic E-state index is -3.71. The van der Waals surface area contributed by atoms with Gasteiger partial charge in [0.25, 0.3) is 10.0 Å². The number of amides is 1. The van der Waals surface area contributed by atoms with E-state index in [0.717, 1.165) is 11.1 Å². The fourth-order valence-electron chi connectivity index (χ4n) is 3.04. The minimum absolute atomic E-state index is 0.127. The molecule has 3 aromatic rings. The fourth-order valence-corrected chi connectivity index (χ4v) is 4.49. The molecule has 3 rings (SSSR count). The summed E-state index contributed by atoms with van der Waals surface area (Å²) in [6.45, 7) is 1.90. The SMILES string of the molecule is C[C@@H](NC(=O)Cc1ccc(N(C)S(=O)(=O)c2ccc(Cl)cc2)cc1)c1ccc(Cl)cc1. The number of nitrogens with zero attached hydrogens (tertiary/aromatic N) is 1. The van der Waals surface area contributed by atoms with Gasteiger partial charge in [-0.2, -0.15) is 0 Å². The first-order chi connectivity index (χ1) is 14.7. The molecule has 0 spiro atoms. The number of carbonyl (C=O) groups excluding carboxylic acids is 1. The van der Waals surface area contributed by atoms with Crippen molar-refractivity contribution in [2.24, 2.45) is 0 Å². The van der Waals surface area contributed by atoms with Gasteiger partial charge in [-0.05, 0) is 66.6 Å². The summed E-state index contributed by atoms with van der Waals surface area (Å²) < 4.78 is 26.8. The van der Waals surface area contributed by atoms with E-state index in [1.807, 2.05) is 19.1 Å². The molecule has 1 amide bonds.